The van der Waals surface area contributed by atoms with Crippen molar-refractivity contribution in [2.75, 3.05) is 6.73 Å². The van der Waals surface area contributed by atoms with Gasteiger partial charge in [-0.25, -0.2) is 0 Å². The van der Waals surface area contributed by atoms with Crippen LogP contribution in [0.2, 0.25) is 0 Å². The molecule has 1 atom stereocenters. The summed E-state index contributed by atoms with van der Waals surface area (Å²) in [5.41, 5.74) is 4.67. The lowest BCUT2D eigenvalue weighted by molar-refractivity contribution is 0.290. The van der Waals surface area contributed by atoms with Gasteiger partial charge in [0.2, 0.25) is 0 Å². The third kappa shape index (κ3) is 24.3. The van der Waals surface area contributed by atoms with Crippen molar-refractivity contribution >= 4 is 8.25 Å². The summed E-state index contributed by atoms with van der Waals surface area (Å²) < 4.78 is 13.4. The van der Waals surface area contributed by atoms with E-state index in [0.29, 0.717) is 0 Å². The van der Waals surface area contributed by atoms with Crippen molar-refractivity contribution in [2.24, 2.45) is 5.73 Å². The van der Waals surface area contributed by atoms with Crippen LogP contribution in [0.5, 0.6) is 0 Å². The van der Waals surface area contributed by atoms with Crippen LogP contribution in [0.15, 0.2) is 0 Å². The van der Waals surface area contributed by atoms with E-state index < -0.39 is 8.25 Å². The molecule has 1 unspecified atom stereocenters. The van der Waals surface area contributed by atoms with Crippen LogP contribution in [0.25, 0.3) is 0 Å². The molecule has 0 spiro atoms. The number of nitrogens with two attached hydrogens (primary N) is 1. The lowest BCUT2D eigenvalue weighted by atomic mass is 10.4. The van der Waals surface area contributed by atoms with Gasteiger partial charge in [0.25, 0.3) is 0 Å². The average molecular weight is 169 g/mol. The predicted octanol–water partition coefficient (Wildman–Crippen LogP) is 1.11. The lowest BCUT2D eigenvalue weighted by Gasteiger charge is -1.87. The largest absolute Gasteiger partial charge is 0.326 e. The van der Waals surface area contributed by atoms with Gasteiger partial charge >= 0.3 is 8.25 Å². The molecule has 10 heavy (non-hydrogen) atoms. The highest BCUT2D eigenvalue weighted by atomic mass is 31.1. The van der Waals surface area contributed by atoms with Crippen molar-refractivity contribution in [1.29, 1.82) is 0 Å². The molecule has 0 amide bonds. The second-order valence-corrected chi connectivity index (χ2v) is 2.40. The molecule has 0 aliphatic rings. The Morgan fingerprint density at radius 1 is 1.50 bits per heavy atom. The zero-order valence-corrected chi connectivity index (χ0v) is 7.46. The van der Waals surface area contributed by atoms with Crippen LogP contribution in [-0.2, 0) is 9.09 Å². The van der Waals surface area contributed by atoms with E-state index in [1.165, 1.54) is 12.8 Å². The Bertz CT molecular complexity index is 77.3. The lowest BCUT2D eigenvalue weighted by Crippen LogP contribution is -1.97. The molecule has 4 nitrogen and oxygen atoms in total. The van der Waals surface area contributed by atoms with Crippen molar-refractivity contribution in [3.8, 4) is 0 Å². The van der Waals surface area contributed by atoms with Crippen molar-refractivity contribution in [3.05, 3.63) is 0 Å². The zero-order chi connectivity index (χ0) is 8.41. The van der Waals surface area contributed by atoms with Gasteiger partial charge in [0.05, 0.1) is 0 Å². The van der Waals surface area contributed by atoms with E-state index in [1.54, 1.807) is 0 Å². The fourth-order valence-corrected chi connectivity index (χ4v) is 0.214. The maximum atomic E-state index is 9.48. The highest BCUT2D eigenvalue weighted by Gasteiger charge is 1.81. The summed E-state index contributed by atoms with van der Waals surface area (Å²) >= 11 is 0. The molecule has 64 valence electrons. The highest BCUT2D eigenvalue weighted by molar-refractivity contribution is 7.32. The van der Waals surface area contributed by atoms with E-state index in [2.05, 4.69) is 24.1 Å². The third-order valence-electron chi connectivity index (χ3n) is 0.707. The Labute approximate surface area is 62.3 Å². The minimum absolute atomic E-state index is 0.186. The van der Waals surface area contributed by atoms with Gasteiger partial charge in [-0.15, -0.1) is 0 Å². The van der Waals surface area contributed by atoms with E-state index in [9.17, 15) is 4.57 Å². The van der Waals surface area contributed by atoms with E-state index in [0.717, 1.165) is 0 Å². The molecule has 3 N–H and O–H groups in total. The first-order valence-corrected chi connectivity index (χ1v) is 4.51. The summed E-state index contributed by atoms with van der Waals surface area (Å²) in [4.78, 5) is 7.80. The quantitative estimate of drug-likeness (QED) is 0.490. The maximum Gasteiger partial charge on any atom is 0.317 e. The molecule has 0 aliphatic carbocycles. The topological polar surface area (TPSA) is 72.5 Å². The predicted molar refractivity (Wildman–Crippen MR) is 41.9 cm³/mol. The molecule has 0 radical (unpaired) electrons. The number of hydrogen-bond acceptors (Lipinski definition) is 3. The second-order valence-electron chi connectivity index (χ2n) is 1.58. The van der Waals surface area contributed by atoms with Gasteiger partial charge in [-0.3, -0.25) is 9.09 Å². The highest BCUT2D eigenvalue weighted by Crippen LogP contribution is 2.11. The average Bonchev–Trinajstić information content (AvgIpc) is 1.89. The fourth-order valence-electron chi connectivity index (χ4n) is 0.0713. The van der Waals surface area contributed by atoms with Crippen LogP contribution in [0.4, 0.5) is 0 Å². The second kappa shape index (κ2) is 11.9. The van der Waals surface area contributed by atoms with Crippen LogP contribution in [0.1, 0.15) is 26.7 Å². The van der Waals surface area contributed by atoms with E-state index in [1.807, 2.05) is 0 Å². The first-order valence-electron chi connectivity index (χ1n) is 3.24. The first kappa shape index (κ1) is 12.8. The molecule has 5 heteroatoms. The van der Waals surface area contributed by atoms with Gasteiger partial charge in [-0.2, -0.15) is 0 Å². The molecular weight excluding hydrogens is 153 g/mol. The van der Waals surface area contributed by atoms with E-state index in [-0.39, 0.29) is 6.73 Å². The minimum atomic E-state index is -2.76. The summed E-state index contributed by atoms with van der Waals surface area (Å²) in [7, 11) is -2.76. The summed E-state index contributed by atoms with van der Waals surface area (Å²) in [6, 6.07) is 0. The summed E-state index contributed by atoms with van der Waals surface area (Å²) in [5.74, 6) is 0. The van der Waals surface area contributed by atoms with Crippen LogP contribution in [0, 0.1) is 0 Å². The van der Waals surface area contributed by atoms with Gasteiger partial charge in [-0.1, -0.05) is 26.7 Å². The summed E-state index contributed by atoms with van der Waals surface area (Å²) in [5, 5.41) is 0. The van der Waals surface area contributed by atoms with Crippen LogP contribution < -0.4 is 5.73 Å². The Kier molecular flexibility index (Phi) is 15.1. The number of unbranched alkanes of at least 4 members (excludes halogenated alkanes) is 1. The van der Waals surface area contributed by atoms with Crippen molar-refractivity contribution in [3.63, 3.8) is 0 Å². The van der Waals surface area contributed by atoms with Gasteiger partial charge < -0.3 is 10.6 Å². The molecule has 0 fully saturated rings. The number of rotatable bonds is 3. The zero-order valence-electron chi connectivity index (χ0n) is 6.46. The molecule has 0 aromatic rings. The summed E-state index contributed by atoms with van der Waals surface area (Å²) in [6.07, 6.45) is 2.64. The van der Waals surface area contributed by atoms with Crippen molar-refractivity contribution < 1.29 is 14.0 Å². The van der Waals surface area contributed by atoms with Gasteiger partial charge in [0, 0.05) is 0 Å². The Balaban J connectivity index is 0. The smallest absolute Gasteiger partial charge is 0.317 e. The van der Waals surface area contributed by atoms with Crippen LogP contribution in [-0.4, -0.2) is 11.6 Å². The molecule has 0 saturated heterocycles. The fraction of sp³-hybridized carbons (Fsp3) is 1.00. The van der Waals surface area contributed by atoms with E-state index >= 15 is 0 Å². The monoisotopic (exact) mass is 169 g/mol. The van der Waals surface area contributed by atoms with Crippen molar-refractivity contribution in [1.82, 2.24) is 0 Å². The molecule has 0 bridgehead atoms. The Morgan fingerprint density at radius 3 is 1.90 bits per heavy atom. The van der Waals surface area contributed by atoms with Crippen LogP contribution >= 0.6 is 8.25 Å². The van der Waals surface area contributed by atoms with Gasteiger partial charge in [0.15, 0.2) is 0 Å². The first-order chi connectivity index (χ1) is 4.68. The van der Waals surface area contributed by atoms with Gasteiger partial charge in [0.1, 0.15) is 6.73 Å². The molecule has 0 aromatic carbocycles. The molecule has 0 heterocycles. The maximum absolute atomic E-state index is 9.48. The molecule has 0 rings (SSSR count). The standard InChI is InChI=1S/C4H10.CH6NO3P/c1-3-4-2;2-1-5-6(3)4/h3-4H2,1-2H3;6H,1-2H2,(H,3,4). The molecule has 0 saturated carbocycles. The van der Waals surface area contributed by atoms with Crippen molar-refractivity contribution in [2.45, 2.75) is 26.7 Å². The third-order valence-corrected chi connectivity index (χ3v) is 1.12. The molecule has 0 aromatic heterocycles. The molecule has 0 aliphatic heterocycles. The van der Waals surface area contributed by atoms with Gasteiger partial charge in [-0.05, 0) is 0 Å². The normalized spacial score (nSPS) is 11.6. The summed E-state index contributed by atoms with van der Waals surface area (Å²) in [6.45, 7) is 4.17. The minimum Gasteiger partial charge on any atom is -0.326 e. The van der Waals surface area contributed by atoms with E-state index in [4.69, 9.17) is 4.89 Å². The van der Waals surface area contributed by atoms with Crippen LogP contribution in [0.3, 0.4) is 0 Å². The molecular formula is C5H16NO3P. The number of hydrogen-bond donors (Lipinski definition) is 2. The Hall–Kier alpha value is 0.110. The Morgan fingerprint density at radius 2 is 1.90 bits per heavy atom. The SMILES string of the molecule is CCCC.NCO[PH](=O)O.